The fourth-order valence-electron chi connectivity index (χ4n) is 2.39. The molecule has 1 aromatic heterocycles. The molecule has 2 heterocycles. The van der Waals surface area contributed by atoms with E-state index in [0.29, 0.717) is 6.54 Å². The molecule has 1 aromatic carbocycles. The zero-order valence-electron chi connectivity index (χ0n) is 10.4. The Labute approximate surface area is 118 Å². The van der Waals surface area contributed by atoms with E-state index in [4.69, 9.17) is 0 Å². The van der Waals surface area contributed by atoms with Gasteiger partial charge in [-0.1, -0.05) is 28.8 Å². The van der Waals surface area contributed by atoms with Gasteiger partial charge in [-0.15, -0.1) is 5.10 Å². The van der Waals surface area contributed by atoms with Crippen molar-refractivity contribution in [3.05, 3.63) is 46.5 Å². The summed E-state index contributed by atoms with van der Waals surface area (Å²) in [6, 6.07) is 7.32. The highest BCUT2D eigenvalue weighted by Crippen LogP contribution is 2.29. The van der Waals surface area contributed by atoms with Crippen LogP contribution in [-0.2, 0) is 11.3 Å². The Kier molecular flexibility index (Phi) is 3.19. The first kappa shape index (κ1) is 12.7. The van der Waals surface area contributed by atoms with Crippen LogP contribution in [0.3, 0.4) is 0 Å². The van der Waals surface area contributed by atoms with Crippen LogP contribution in [0.2, 0.25) is 0 Å². The molecule has 0 radical (unpaired) electrons. The lowest BCUT2D eigenvalue weighted by atomic mass is 9.89. The summed E-state index contributed by atoms with van der Waals surface area (Å²) in [7, 11) is 0. The molecule has 3 rings (SSSR count). The Morgan fingerprint density at radius 1 is 1.35 bits per heavy atom. The Balaban J connectivity index is 1.94. The van der Waals surface area contributed by atoms with Crippen molar-refractivity contribution in [3.63, 3.8) is 0 Å². The van der Waals surface area contributed by atoms with E-state index >= 15 is 0 Å². The van der Waals surface area contributed by atoms with E-state index in [-0.39, 0.29) is 18.1 Å². The average molecular weight is 289 g/mol. The van der Waals surface area contributed by atoms with Crippen molar-refractivity contribution in [2.45, 2.75) is 12.5 Å². The second kappa shape index (κ2) is 5.01. The first-order chi connectivity index (χ1) is 9.66. The molecule has 6 nitrogen and oxygen atoms in total. The number of hydrogen-bond acceptors (Lipinski definition) is 5. The number of carbonyl (C=O) groups excluding carboxylic acids is 1. The first-order valence-electron chi connectivity index (χ1n) is 6.03. The quantitative estimate of drug-likeness (QED) is 0.902. The highest BCUT2D eigenvalue weighted by atomic mass is 32.1. The van der Waals surface area contributed by atoms with Crippen LogP contribution < -0.4 is 0 Å². The standard InChI is InChI=1S/C13H11N3O3S/c17-12(11-7-20-15-14-11)16-5-8-3-1-2-4-9(8)10(6-16)13(18)19/h1-4,7,10H,5-6H2,(H,18,19). The van der Waals surface area contributed by atoms with Gasteiger partial charge in [0.25, 0.3) is 5.91 Å². The molecular weight excluding hydrogens is 278 g/mol. The Morgan fingerprint density at radius 3 is 2.85 bits per heavy atom. The van der Waals surface area contributed by atoms with E-state index in [9.17, 15) is 14.7 Å². The molecule has 1 aliphatic rings. The molecule has 0 spiro atoms. The third kappa shape index (κ3) is 2.16. The van der Waals surface area contributed by atoms with Gasteiger partial charge < -0.3 is 10.0 Å². The maximum absolute atomic E-state index is 12.3. The molecule has 1 N–H and O–H groups in total. The Bertz CT molecular complexity index is 657. The highest BCUT2D eigenvalue weighted by molar-refractivity contribution is 7.03. The van der Waals surface area contributed by atoms with Crippen LogP contribution in [0.4, 0.5) is 0 Å². The van der Waals surface area contributed by atoms with E-state index < -0.39 is 11.9 Å². The van der Waals surface area contributed by atoms with Gasteiger partial charge in [0.1, 0.15) is 0 Å². The van der Waals surface area contributed by atoms with Gasteiger partial charge in [0.2, 0.25) is 0 Å². The van der Waals surface area contributed by atoms with Crippen molar-refractivity contribution in [3.8, 4) is 0 Å². The van der Waals surface area contributed by atoms with Crippen LogP contribution in [-0.4, -0.2) is 38.0 Å². The van der Waals surface area contributed by atoms with Crippen molar-refractivity contribution in [2.24, 2.45) is 0 Å². The predicted octanol–water partition coefficient (Wildman–Crippen LogP) is 1.36. The van der Waals surface area contributed by atoms with Crippen LogP contribution >= 0.6 is 11.5 Å². The van der Waals surface area contributed by atoms with Crippen molar-refractivity contribution < 1.29 is 14.7 Å². The number of carboxylic acids is 1. The fourth-order valence-corrected chi connectivity index (χ4v) is 2.82. The number of rotatable bonds is 2. The molecular formula is C13H11N3O3S. The summed E-state index contributed by atoms with van der Waals surface area (Å²) < 4.78 is 3.66. The molecule has 102 valence electrons. The van der Waals surface area contributed by atoms with Crippen LogP contribution in [0.1, 0.15) is 27.5 Å². The molecule has 0 saturated heterocycles. The summed E-state index contributed by atoms with van der Waals surface area (Å²) in [5, 5.41) is 14.7. The predicted molar refractivity (Wildman–Crippen MR) is 71.5 cm³/mol. The van der Waals surface area contributed by atoms with Crippen molar-refractivity contribution >= 4 is 23.4 Å². The monoisotopic (exact) mass is 289 g/mol. The van der Waals surface area contributed by atoms with Crippen molar-refractivity contribution in [1.29, 1.82) is 0 Å². The van der Waals surface area contributed by atoms with E-state index in [1.54, 1.807) is 11.4 Å². The number of aromatic nitrogens is 2. The molecule has 1 amide bonds. The Morgan fingerprint density at radius 2 is 2.15 bits per heavy atom. The molecule has 7 heteroatoms. The smallest absolute Gasteiger partial charge is 0.312 e. The molecule has 20 heavy (non-hydrogen) atoms. The average Bonchev–Trinajstić information content (AvgIpc) is 2.99. The largest absolute Gasteiger partial charge is 0.481 e. The molecule has 1 aliphatic heterocycles. The van der Waals surface area contributed by atoms with Gasteiger partial charge >= 0.3 is 5.97 Å². The number of hydrogen-bond donors (Lipinski definition) is 1. The SMILES string of the molecule is O=C(O)C1CN(C(=O)c2csnn2)Cc2ccccc21. The summed E-state index contributed by atoms with van der Waals surface area (Å²) in [6.45, 7) is 0.555. The number of aliphatic carboxylic acids is 1. The number of nitrogens with zero attached hydrogens (tertiary/aromatic N) is 3. The molecule has 0 fully saturated rings. The van der Waals surface area contributed by atoms with Gasteiger partial charge in [0, 0.05) is 18.5 Å². The van der Waals surface area contributed by atoms with Crippen LogP contribution in [0.25, 0.3) is 0 Å². The molecule has 0 bridgehead atoms. The van der Waals surface area contributed by atoms with Crippen LogP contribution in [0.15, 0.2) is 29.6 Å². The summed E-state index contributed by atoms with van der Waals surface area (Å²) in [5.74, 6) is -1.90. The first-order valence-corrected chi connectivity index (χ1v) is 6.87. The topological polar surface area (TPSA) is 83.4 Å². The second-order valence-electron chi connectivity index (χ2n) is 4.57. The molecule has 1 unspecified atom stereocenters. The second-order valence-corrected chi connectivity index (χ2v) is 5.18. The van der Waals surface area contributed by atoms with Gasteiger partial charge in [-0.05, 0) is 22.7 Å². The maximum atomic E-state index is 12.3. The number of amides is 1. The molecule has 0 saturated carbocycles. The number of benzene rings is 1. The number of carbonyl (C=O) groups is 2. The summed E-state index contributed by atoms with van der Waals surface area (Å²) >= 11 is 1.10. The third-order valence-corrected chi connectivity index (χ3v) is 3.86. The zero-order chi connectivity index (χ0) is 14.1. The summed E-state index contributed by atoms with van der Waals surface area (Å²) in [5.41, 5.74) is 1.90. The lowest BCUT2D eigenvalue weighted by Crippen LogP contribution is -2.40. The minimum atomic E-state index is -0.925. The lowest BCUT2D eigenvalue weighted by Gasteiger charge is -2.32. The van der Waals surface area contributed by atoms with E-state index in [0.717, 1.165) is 22.7 Å². The van der Waals surface area contributed by atoms with E-state index in [1.807, 2.05) is 18.2 Å². The van der Waals surface area contributed by atoms with E-state index in [1.165, 1.54) is 4.90 Å². The fraction of sp³-hybridized carbons (Fsp3) is 0.231. The Hall–Kier alpha value is -2.28. The summed E-state index contributed by atoms with van der Waals surface area (Å²) in [6.07, 6.45) is 0. The molecule has 0 aliphatic carbocycles. The van der Waals surface area contributed by atoms with Gasteiger partial charge in [0.05, 0.1) is 5.92 Å². The number of carboxylic acid groups (broad SMARTS) is 1. The highest BCUT2D eigenvalue weighted by Gasteiger charge is 2.33. The zero-order valence-corrected chi connectivity index (χ0v) is 11.2. The van der Waals surface area contributed by atoms with Gasteiger partial charge in [-0.25, -0.2) is 0 Å². The molecule has 2 aromatic rings. The lowest BCUT2D eigenvalue weighted by molar-refractivity contribution is -0.139. The van der Waals surface area contributed by atoms with Crippen molar-refractivity contribution in [2.75, 3.05) is 6.54 Å². The van der Waals surface area contributed by atoms with Crippen LogP contribution in [0, 0.1) is 0 Å². The van der Waals surface area contributed by atoms with E-state index in [2.05, 4.69) is 9.59 Å². The summed E-state index contributed by atoms with van der Waals surface area (Å²) in [4.78, 5) is 25.2. The molecule has 1 atom stereocenters. The minimum Gasteiger partial charge on any atom is -0.481 e. The van der Waals surface area contributed by atoms with Crippen LogP contribution in [0.5, 0.6) is 0 Å². The third-order valence-electron chi connectivity index (χ3n) is 3.36. The maximum Gasteiger partial charge on any atom is 0.312 e. The number of fused-ring (bicyclic) bond motifs is 1. The van der Waals surface area contributed by atoms with Crippen molar-refractivity contribution in [1.82, 2.24) is 14.5 Å². The van der Waals surface area contributed by atoms with Gasteiger partial charge in [0.15, 0.2) is 5.69 Å². The minimum absolute atomic E-state index is 0.155. The normalized spacial score (nSPS) is 17.6. The van der Waals surface area contributed by atoms with Gasteiger partial charge in [-0.2, -0.15) is 0 Å². The van der Waals surface area contributed by atoms with Gasteiger partial charge in [-0.3, -0.25) is 9.59 Å².